The molecule has 8 heteroatoms. The fourth-order valence-corrected chi connectivity index (χ4v) is 3.21. The molecular weight excluding hydrogens is 354 g/mol. The highest BCUT2D eigenvalue weighted by Crippen LogP contribution is 2.36. The topological polar surface area (TPSA) is 102 Å². The number of nitrogens with zero attached hydrogens (tertiary/aromatic N) is 2. The number of hydrogen-bond acceptors (Lipinski definition) is 4. The number of halogens is 1. The first-order valence-electron chi connectivity index (χ1n) is 8.19. The third kappa shape index (κ3) is 3.17. The molecule has 1 aromatic heterocycles. The predicted octanol–water partition coefficient (Wildman–Crippen LogP) is 2.14. The van der Waals surface area contributed by atoms with E-state index in [1.165, 1.54) is 6.08 Å². The monoisotopic (exact) mass is 373 g/mol. The molecule has 2 aromatic rings. The number of nitrogens with one attached hydrogen (secondary N) is 2. The number of carbonyl (C=O) groups is 2. The average Bonchev–Trinajstić information content (AvgIpc) is 3.02. The van der Waals surface area contributed by atoms with Crippen LogP contribution in [0, 0.1) is 0 Å². The van der Waals surface area contributed by atoms with Crippen molar-refractivity contribution in [3.05, 3.63) is 47.5 Å². The summed E-state index contributed by atoms with van der Waals surface area (Å²) in [5.74, 6) is -0.265. The number of hydrogen-bond donors (Lipinski definition) is 3. The van der Waals surface area contributed by atoms with E-state index in [0.717, 1.165) is 12.0 Å². The van der Waals surface area contributed by atoms with E-state index in [1.807, 2.05) is 6.92 Å². The number of benzene rings is 1. The number of primary amides is 1. The number of carbonyl (C=O) groups excluding carboxylic acids is 2. The fraction of sp³-hybridized carbons (Fsp3) is 0.278. The molecule has 4 N–H and O–H groups in total. The maximum atomic E-state index is 12.1. The molecule has 1 atom stereocenters. The Morgan fingerprint density at radius 1 is 1.46 bits per heavy atom. The zero-order valence-corrected chi connectivity index (χ0v) is 15.1. The van der Waals surface area contributed by atoms with Gasteiger partial charge in [-0.25, -0.2) is 4.68 Å². The highest BCUT2D eigenvalue weighted by molar-refractivity contribution is 6.30. The molecule has 0 saturated carbocycles. The third-order valence-electron chi connectivity index (χ3n) is 4.55. The number of amides is 2. The van der Waals surface area contributed by atoms with Crippen molar-refractivity contribution in [3.63, 3.8) is 0 Å². The molecule has 7 nitrogen and oxygen atoms in total. The molecule has 0 aliphatic carbocycles. The summed E-state index contributed by atoms with van der Waals surface area (Å²) in [6, 6.07) is 7.05. The third-order valence-corrected chi connectivity index (χ3v) is 4.80. The van der Waals surface area contributed by atoms with Gasteiger partial charge in [-0.1, -0.05) is 30.3 Å². The van der Waals surface area contributed by atoms with Gasteiger partial charge in [0, 0.05) is 23.7 Å². The molecule has 2 heterocycles. The van der Waals surface area contributed by atoms with Gasteiger partial charge < -0.3 is 16.4 Å². The minimum atomic E-state index is -0.567. The Bertz CT molecular complexity index is 874. The summed E-state index contributed by atoms with van der Waals surface area (Å²) in [5.41, 5.74) is 6.69. The lowest BCUT2D eigenvalue weighted by atomic mass is 9.95. The highest BCUT2D eigenvalue weighted by Gasteiger charge is 2.37. The molecule has 1 aliphatic heterocycles. The van der Waals surface area contributed by atoms with Crippen LogP contribution in [-0.4, -0.2) is 34.7 Å². The molecule has 0 fully saturated rings. The van der Waals surface area contributed by atoms with Crippen LogP contribution in [0.2, 0.25) is 5.02 Å². The lowest BCUT2D eigenvalue weighted by Crippen LogP contribution is -2.47. The Labute approximate surface area is 156 Å². The first kappa shape index (κ1) is 18.0. The number of anilines is 1. The Morgan fingerprint density at radius 2 is 2.15 bits per heavy atom. The minimum Gasteiger partial charge on any atom is -0.369 e. The Hall–Kier alpha value is -2.80. The molecular formula is C18H20ClN5O2. The van der Waals surface area contributed by atoms with Crippen LogP contribution in [-0.2, 0) is 10.3 Å². The predicted molar refractivity (Wildman–Crippen MR) is 101 cm³/mol. The summed E-state index contributed by atoms with van der Waals surface area (Å²) in [6.45, 7) is 6.42. The van der Waals surface area contributed by atoms with E-state index in [4.69, 9.17) is 17.3 Å². The van der Waals surface area contributed by atoms with Crippen molar-refractivity contribution >= 4 is 29.2 Å². The molecule has 0 saturated heterocycles. The van der Waals surface area contributed by atoms with Gasteiger partial charge in [-0.3, -0.25) is 9.59 Å². The van der Waals surface area contributed by atoms with Crippen molar-refractivity contribution in [2.45, 2.75) is 18.9 Å². The van der Waals surface area contributed by atoms with Gasteiger partial charge in [0.2, 0.25) is 5.91 Å². The van der Waals surface area contributed by atoms with Crippen LogP contribution in [0.1, 0.15) is 23.7 Å². The van der Waals surface area contributed by atoms with Crippen molar-refractivity contribution in [2.75, 3.05) is 18.4 Å². The van der Waals surface area contributed by atoms with Crippen molar-refractivity contribution in [2.24, 2.45) is 5.73 Å². The largest absolute Gasteiger partial charge is 0.369 e. The van der Waals surface area contributed by atoms with Gasteiger partial charge >= 0.3 is 0 Å². The molecule has 0 spiro atoms. The van der Waals surface area contributed by atoms with E-state index >= 15 is 0 Å². The number of nitrogens with two attached hydrogens (primary N) is 1. The summed E-state index contributed by atoms with van der Waals surface area (Å²) in [5, 5.41) is 11.3. The zero-order valence-electron chi connectivity index (χ0n) is 14.4. The maximum absolute atomic E-state index is 12.1. The molecule has 1 aliphatic rings. The normalized spacial score (nSPS) is 18.5. The van der Waals surface area contributed by atoms with Crippen molar-refractivity contribution in [1.82, 2.24) is 15.1 Å². The van der Waals surface area contributed by atoms with Gasteiger partial charge in [-0.2, -0.15) is 5.10 Å². The highest BCUT2D eigenvalue weighted by atomic mass is 35.5. The van der Waals surface area contributed by atoms with Gasteiger partial charge in [0.1, 0.15) is 17.1 Å². The summed E-state index contributed by atoms with van der Waals surface area (Å²) in [6.07, 6.45) is 1.94. The maximum Gasteiger partial charge on any atom is 0.254 e. The molecule has 1 unspecified atom stereocenters. The summed E-state index contributed by atoms with van der Waals surface area (Å²) in [7, 11) is 0. The van der Waals surface area contributed by atoms with E-state index in [2.05, 4.69) is 22.3 Å². The molecule has 3 rings (SSSR count). The number of fused-ring (bicyclic) bond motifs is 1. The number of rotatable bonds is 5. The van der Waals surface area contributed by atoms with E-state index in [-0.39, 0.29) is 5.91 Å². The van der Waals surface area contributed by atoms with Gasteiger partial charge in [-0.15, -0.1) is 0 Å². The van der Waals surface area contributed by atoms with Crippen LogP contribution in [0.3, 0.4) is 0 Å². The number of aromatic nitrogens is 2. The second-order valence-electron chi connectivity index (χ2n) is 6.45. The second-order valence-corrected chi connectivity index (χ2v) is 6.89. The van der Waals surface area contributed by atoms with Crippen LogP contribution >= 0.6 is 11.6 Å². The summed E-state index contributed by atoms with van der Waals surface area (Å²) in [4.78, 5) is 23.7. The van der Waals surface area contributed by atoms with Gasteiger partial charge in [-0.05, 0) is 31.6 Å². The van der Waals surface area contributed by atoms with E-state index in [9.17, 15) is 9.59 Å². The fourth-order valence-electron chi connectivity index (χ4n) is 3.08. The van der Waals surface area contributed by atoms with Crippen LogP contribution in [0.4, 0.5) is 5.82 Å². The standard InChI is InChI=1S/C18H20ClN5O2/c1-3-13(25)22-10-18(2)8-9-21-17-14(16(20)26)15(23-24(17)18)11-4-6-12(19)7-5-11/h3-7,21H,1,8-10H2,2H3,(H2,20,26)(H,22,25). The molecule has 0 radical (unpaired) electrons. The van der Waals surface area contributed by atoms with Crippen molar-refractivity contribution in [1.29, 1.82) is 0 Å². The molecule has 26 heavy (non-hydrogen) atoms. The first-order valence-corrected chi connectivity index (χ1v) is 8.57. The quantitative estimate of drug-likeness (QED) is 0.698. The van der Waals surface area contributed by atoms with Crippen LogP contribution in [0.15, 0.2) is 36.9 Å². The zero-order chi connectivity index (χ0) is 18.9. The van der Waals surface area contributed by atoms with Crippen LogP contribution in [0.25, 0.3) is 11.3 Å². The van der Waals surface area contributed by atoms with Gasteiger partial charge in [0.15, 0.2) is 0 Å². The van der Waals surface area contributed by atoms with Crippen LogP contribution < -0.4 is 16.4 Å². The first-order chi connectivity index (χ1) is 12.4. The molecule has 0 bridgehead atoms. The second kappa shape index (κ2) is 6.84. The lowest BCUT2D eigenvalue weighted by molar-refractivity contribution is -0.116. The smallest absolute Gasteiger partial charge is 0.254 e. The summed E-state index contributed by atoms with van der Waals surface area (Å²) >= 11 is 5.95. The molecule has 2 amide bonds. The molecule has 1 aromatic carbocycles. The van der Waals surface area contributed by atoms with Crippen molar-refractivity contribution < 1.29 is 9.59 Å². The van der Waals surface area contributed by atoms with Crippen molar-refractivity contribution in [3.8, 4) is 11.3 Å². The average molecular weight is 374 g/mol. The minimum absolute atomic E-state index is 0.258. The van der Waals surface area contributed by atoms with Gasteiger partial charge in [0.05, 0.1) is 5.54 Å². The van der Waals surface area contributed by atoms with Gasteiger partial charge in [0.25, 0.3) is 5.91 Å². The van der Waals surface area contributed by atoms with E-state index in [1.54, 1.807) is 28.9 Å². The summed E-state index contributed by atoms with van der Waals surface area (Å²) < 4.78 is 1.74. The Balaban J connectivity index is 2.09. The van der Waals surface area contributed by atoms with E-state index < -0.39 is 11.4 Å². The Morgan fingerprint density at radius 3 is 2.77 bits per heavy atom. The van der Waals surface area contributed by atoms with E-state index in [0.29, 0.717) is 35.2 Å². The lowest BCUT2D eigenvalue weighted by Gasteiger charge is -2.36. The van der Waals surface area contributed by atoms with Crippen LogP contribution in [0.5, 0.6) is 0 Å². The Kier molecular flexibility index (Phi) is 4.73. The molecule has 136 valence electrons. The SMILES string of the molecule is C=CC(=O)NCC1(C)CCNc2c(C(N)=O)c(-c3ccc(Cl)cc3)nn21.